The highest BCUT2D eigenvalue weighted by atomic mass is 32.2. The van der Waals surface area contributed by atoms with E-state index in [1.165, 1.54) is 0 Å². The molecule has 0 radical (unpaired) electrons. The third-order valence-electron chi connectivity index (χ3n) is 4.83. The molecule has 1 N–H and O–H groups in total. The number of likely N-dealkylation sites (tertiary alicyclic amines) is 1. The van der Waals surface area contributed by atoms with E-state index in [0.29, 0.717) is 16.9 Å². The molecule has 2 aliphatic heterocycles. The summed E-state index contributed by atoms with van der Waals surface area (Å²) in [5.74, 6) is -0.576. The quantitative estimate of drug-likeness (QED) is 0.903. The molecule has 0 aliphatic carbocycles. The van der Waals surface area contributed by atoms with E-state index in [2.05, 4.69) is 5.32 Å². The zero-order valence-electron chi connectivity index (χ0n) is 14.3. The molecule has 2 aliphatic rings. The first-order valence-corrected chi connectivity index (χ1v) is 10.3. The summed E-state index contributed by atoms with van der Waals surface area (Å²) in [6.07, 6.45) is 3.13. The van der Waals surface area contributed by atoms with Crippen molar-refractivity contribution in [3.63, 3.8) is 0 Å². The average molecular weight is 368 g/mol. The number of carbonyl (C=O) groups is 1. The van der Waals surface area contributed by atoms with Gasteiger partial charge in [-0.1, -0.05) is 36.4 Å². The van der Waals surface area contributed by atoms with Crippen LogP contribution < -0.4 is 5.32 Å². The lowest BCUT2D eigenvalue weighted by molar-refractivity contribution is -0.112. The lowest BCUT2D eigenvalue weighted by Crippen LogP contribution is -2.30. The molecule has 26 heavy (non-hydrogen) atoms. The van der Waals surface area contributed by atoms with E-state index in [4.69, 9.17) is 0 Å². The minimum absolute atomic E-state index is 0.135. The van der Waals surface area contributed by atoms with E-state index in [0.717, 1.165) is 32.4 Å². The van der Waals surface area contributed by atoms with Crippen molar-refractivity contribution in [3.05, 3.63) is 65.1 Å². The van der Waals surface area contributed by atoms with Gasteiger partial charge < -0.3 is 10.2 Å². The Labute approximate surface area is 153 Å². The van der Waals surface area contributed by atoms with Crippen molar-refractivity contribution in [2.75, 3.05) is 18.4 Å². The summed E-state index contributed by atoms with van der Waals surface area (Å²) in [5.41, 5.74) is 1.76. The Hall–Kier alpha value is -2.60. The molecule has 2 aromatic carbocycles. The van der Waals surface area contributed by atoms with Gasteiger partial charge in [-0.25, -0.2) is 8.42 Å². The van der Waals surface area contributed by atoms with Crippen LogP contribution in [0.25, 0.3) is 5.70 Å². The molecular weight excluding hydrogens is 348 g/mol. The van der Waals surface area contributed by atoms with E-state index in [1.807, 2.05) is 17.0 Å². The molecule has 2 aromatic rings. The summed E-state index contributed by atoms with van der Waals surface area (Å²) in [5, 5.41) is 2.74. The Balaban J connectivity index is 1.83. The van der Waals surface area contributed by atoms with Crippen molar-refractivity contribution in [2.24, 2.45) is 0 Å². The summed E-state index contributed by atoms with van der Waals surface area (Å²) < 4.78 is 26.2. The maximum Gasteiger partial charge on any atom is 0.269 e. The molecule has 0 unspecified atom stereocenters. The Morgan fingerprint density at radius 2 is 1.54 bits per heavy atom. The Kier molecular flexibility index (Phi) is 4.28. The van der Waals surface area contributed by atoms with Crippen molar-refractivity contribution in [3.8, 4) is 0 Å². The maximum absolute atomic E-state index is 13.1. The maximum atomic E-state index is 13.1. The number of piperidine rings is 1. The monoisotopic (exact) mass is 368 g/mol. The number of hydrogen-bond acceptors (Lipinski definition) is 4. The van der Waals surface area contributed by atoms with Crippen molar-refractivity contribution in [1.29, 1.82) is 0 Å². The number of amides is 1. The van der Waals surface area contributed by atoms with Crippen LogP contribution in [-0.4, -0.2) is 32.3 Å². The van der Waals surface area contributed by atoms with E-state index in [9.17, 15) is 13.2 Å². The van der Waals surface area contributed by atoms with Gasteiger partial charge in [0.05, 0.1) is 10.6 Å². The fourth-order valence-corrected chi connectivity index (χ4v) is 5.35. The van der Waals surface area contributed by atoms with Gasteiger partial charge in [0, 0.05) is 24.3 Å². The van der Waals surface area contributed by atoms with Crippen LogP contribution in [0.2, 0.25) is 0 Å². The van der Waals surface area contributed by atoms with Gasteiger partial charge in [0.2, 0.25) is 9.84 Å². The average Bonchev–Trinajstić information content (AvgIpc) is 2.91. The zero-order valence-corrected chi connectivity index (χ0v) is 15.1. The minimum Gasteiger partial charge on any atom is -0.370 e. The van der Waals surface area contributed by atoms with E-state index < -0.39 is 15.7 Å². The first-order chi connectivity index (χ1) is 12.6. The van der Waals surface area contributed by atoms with Crippen LogP contribution >= 0.6 is 0 Å². The predicted octanol–water partition coefficient (Wildman–Crippen LogP) is 3.27. The molecular formula is C20H20N2O3S. The van der Waals surface area contributed by atoms with Crippen molar-refractivity contribution < 1.29 is 13.2 Å². The molecule has 1 saturated heterocycles. The van der Waals surface area contributed by atoms with Gasteiger partial charge in [-0.15, -0.1) is 0 Å². The number of anilines is 1. The van der Waals surface area contributed by atoms with Crippen molar-refractivity contribution in [1.82, 2.24) is 4.90 Å². The Morgan fingerprint density at radius 1 is 0.885 bits per heavy atom. The van der Waals surface area contributed by atoms with Crippen molar-refractivity contribution in [2.45, 2.75) is 24.2 Å². The SMILES string of the molecule is O=C(Nc1ccccc1)C1=C(N2CCCCC2)c2ccccc2S1(=O)=O. The molecule has 1 amide bonds. The zero-order chi connectivity index (χ0) is 18.1. The highest BCUT2D eigenvalue weighted by Crippen LogP contribution is 2.42. The van der Waals surface area contributed by atoms with E-state index in [1.54, 1.807) is 42.5 Å². The second kappa shape index (κ2) is 6.61. The molecule has 4 rings (SSSR count). The third-order valence-corrected chi connectivity index (χ3v) is 6.68. The fraction of sp³-hybridized carbons (Fsp3) is 0.250. The number of hydrogen-bond donors (Lipinski definition) is 1. The number of fused-ring (bicyclic) bond motifs is 1. The highest BCUT2D eigenvalue weighted by molar-refractivity contribution is 7.97. The molecule has 2 heterocycles. The molecule has 0 spiro atoms. The standard InChI is InChI=1S/C20H20N2O3S/c23-20(21-15-9-3-1-4-10-15)19-18(22-13-7-2-8-14-22)16-11-5-6-12-17(16)26(19,24)25/h1,3-6,9-12H,2,7-8,13-14H2,(H,21,23). The fourth-order valence-electron chi connectivity index (χ4n) is 3.63. The number of nitrogens with one attached hydrogen (secondary N) is 1. The number of sulfone groups is 1. The lowest BCUT2D eigenvalue weighted by atomic mass is 10.1. The van der Waals surface area contributed by atoms with Crippen LogP contribution in [0.5, 0.6) is 0 Å². The topological polar surface area (TPSA) is 66.5 Å². The van der Waals surface area contributed by atoms with Gasteiger partial charge in [0.1, 0.15) is 0 Å². The smallest absolute Gasteiger partial charge is 0.269 e. The summed E-state index contributed by atoms with van der Waals surface area (Å²) in [7, 11) is -3.84. The molecule has 6 heteroatoms. The second-order valence-corrected chi connectivity index (χ2v) is 8.40. The molecule has 0 bridgehead atoms. The first kappa shape index (κ1) is 16.8. The largest absolute Gasteiger partial charge is 0.370 e. The summed E-state index contributed by atoms with van der Waals surface area (Å²) in [6, 6.07) is 15.8. The number of rotatable bonds is 3. The van der Waals surface area contributed by atoms with Gasteiger partial charge in [0.25, 0.3) is 5.91 Å². The van der Waals surface area contributed by atoms with Crippen LogP contribution in [-0.2, 0) is 14.6 Å². The molecule has 134 valence electrons. The molecule has 5 nitrogen and oxygen atoms in total. The predicted molar refractivity (Wildman–Crippen MR) is 101 cm³/mol. The van der Waals surface area contributed by atoms with Crippen LogP contribution in [0.15, 0.2) is 64.4 Å². The molecule has 0 saturated carbocycles. The molecule has 0 aromatic heterocycles. The van der Waals surface area contributed by atoms with Gasteiger partial charge in [0.15, 0.2) is 4.91 Å². The summed E-state index contributed by atoms with van der Waals surface area (Å²) >= 11 is 0. The third kappa shape index (κ3) is 2.80. The van der Waals surface area contributed by atoms with Crippen LogP contribution in [0.4, 0.5) is 5.69 Å². The van der Waals surface area contributed by atoms with Gasteiger partial charge in [-0.05, 0) is 37.5 Å². The summed E-state index contributed by atoms with van der Waals surface area (Å²) in [4.78, 5) is 15.1. The van der Waals surface area contributed by atoms with Crippen LogP contribution in [0, 0.1) is 0 Å². The Bertz CT molecular complexity index is 975. The second-order valence-electron chi connectivity index (χ2n) is 6.55. The van der Waals surface area contributed by atoms with Crippen LogP contribution in [0.3, 0.4) is 0 Å². The number of carbonyl (C=O) groups excluding carboxylic acids is 1. The minimum atomic E-state index is -3.84. The van der Waals surface area contributed by atoms with Crippen molar-refractivity contribution >= 4 is 27.1 Å². The summed E-state index contributed by atoms with van der Waals surface area (Å²) in [6.45, 7) is 1.53. The van der Waals surface area contributed by atoms with E-state index >= 15 is 0 Å². The van der Waals surface area contributed by atoms with E-state index in [-0.39, 0.29) is 9.80 Å². The number of nitrogens with zero attached hydrogens (tertiary/aromatic N) is 1. The van der Waals surface area contributed by atoms with Gasteiger partial charge in [-0.2, -0.15) is 0 Å². The van der Waals surface area contributed by atoms with Gasteiger partial charge >= 0.3 is 0 Å². The first-order valence-electron chi connectivity index (χ1n) is 8.79. The normalized spacial score (nSPS) is 18.5. The Morgan fingerprint density at radius 3 is 2.27 bits per heavy atom. The van der Waals surface area contributed by atoms with Crippen LogP contribution in [0.1, 0.15) is 24.8 Å². The number of benzene rings is 2. The van der Waals surface area contributed by atoms with Gasteiger partial charge in [-0.3, -0.25) is 4.79 Å². The molecule has 1 fully saturated rings. The highest BCUT2D eigenvalue weighted by Gasteiger charge is 2.42. The lowest BCUT2D eigenvalue weighted by Gasteiger charge is -2.30. The number of para-hydroxylation sites is 1. The molecule has 0 atom stereocenters.